The molecule has 0 spiro atoms. The van der Waals surface area contributed by atoms with Crippen molar-refractivity contribution in [1.82, 2.24) is 5.32 Å². The fourth-order valence-electron chi connectivity index (χ4n) is 2.98. The van der Waals surface area contributed by atoms with Crippen LogP contribution in [0, 0.1) is 20.8 Å². The van der Waals surface area contributed by atoms with Gasteiger partial charge in [-0.2, -0.15) is 0 Å². The quantitative estimate of drug-likeness (QED) is 0.843. The summed E-state index contributed by atoms with van der Waals surface area (Å²) >= 11 is 0. The Labute approximate surface area is 109 Å². The van der Waals surface area contributed by atoms with Crippen molar-refractivity contribution in [2.24, 2.45) is 0 Å². The van der Waals surface area contributed by atoms with Gasteiger partial charge in [-0.3, -0.25) is 4.79 Å². The van der Waals surface area contributed by atoms with E-state index in [0.29, 0.717) is 0 Å². The Balaban J connectivity index is 3.33. The van der Waals surface area contributed by atoms with E-state index >= 15 is 0 Å². The van der Waals surface area contributed by atoms with E-state index in [0.717, 1.165) is 23.2 Å². The molecular formula is C15H23NO2. The van der Waals surface area contributed by atoms with Gasteiger partial charge in [-0.25, -0.2) is 0 Å². The Morgan fingerprint density at radius 1 is 1.28 bits per heavy atom. The Morgan fingerprint density at radius 2 is 1.78 bits per heavy atom. The zero-order chi connectivity index (χ0) is 13.9. The fourth-order valence-corrected chi connectivity index (χ4v) is 2.98. The number of aryl methyl sites for hydroxylation is 3. The summed E-state index contributed by atoms with van der Waals surface area (Å²) in [5.41, 5.74) is 4.11. The summed E-state index contributed by atoms with van der Waals surface area (Å²) in [6.45, 7) is 10.9. The van der Waals surface area contributed by atoms with Gasteiger partial charge in [-0.15, -0.1) is 0 Å². The molecule has 18 heavy (non-hydrogen) atoms. The first-order valence-corrected chi connectivity index (χ1v) is 6.35. The standard InChI is InChI=1S/C15H23NO2/c1-6-16-15(5,9-13(17)18)14-11(3)7-10(2)8-12(14)4/h7-8,16H,6,9H2,1-5H3,(H,17,18). The van der Waals surface area contributed by atoms with Crippen LogP contribution in [0.3, 0.4) is 0 Å². The van der Waals surface area contributed by atoms with Crippen molar-refractivity contribution in [3.05, 3.63) is 34.4 Å². The topological polar surface area (TPSA) is 49.3 Å². The number of hydrogen-bond acceptors (Lipinski definition) is 2. The number of rotatable bonds is 5. The van der Waals surface area contributed by atoms with Crippen molar-refractivity contribution in [2.45, 2.75) is 46.6 Å². The van der Waals surface area contributed by atoms with E-state index in [1.165, 1.54) is 5.56 Å². The van der Waals surface area contributed by atoms with Crippen LogP contribution in [-0.2, 0) is 10.3 Å². The first-order chi connectivity index (χ1) is 8.30. The van der Waals surface area contributed by atoms with Crippen molar-refractivity contribution in [2.75, 3.05) is 6.54 Å². The van der Waals surface area contributed by atoms with E-state index in [9.17, 15) is 4.79 Å². The third kappa shape index (κ3) is 3.10. The number of hydrogen-bond donors (Lipinski definition) is 2. The number of carboxylic acids is 1. The van der Waals surface area contributed by atoms with Gasteiger partial charge < -0.3 is 10.4 Å². The second-order valence-corrected chi connectivity index (χ2v) is 5.21. The minimum atomic E-state index is -0.780. The summed E-state index contributed by atoms with van der Waals surface area (Å²) in [6, 6.07) is 4.22. The van der Waals surface area contributed by atoms with Crippen LogP contribution in [-0.4, -0.2) is 17.6 Å². The highest BCUT2D eigenvalue weighted by molar-refractivity contribution is 5.69. The first kappa shape index (κ1) is 14.7. The van der Waals surface area contributed by atoms with Crippen molar-refractivity contribution >= 4 is 5.97 Å². The SMILES string of the molecule is CCNC(C)(CC(=O)O)c1c(C)cc(C)cc1C. The minimum Gasteiger partial charge on any atom is -0.481 e. The van der Waals surface area contributed by atoms with Crippen molar-refractivity contribution in [3.63, 3.8) is 0 Å². The lowest BCUT2D eigenvalue weighted by atomic mass is 9.82. The van der Waals surface area contributed by atoms with Crippen LogP contribution in [0.2, 0.25) is 0 Å². The van der Waals surface area contributed by atoms with Crippen LogP contribution in [0.1, 0.15) is 42.5 Å². The molecule has 0 amide bonds. The second-order valence-electron chi connectivity index (χ2n) is 5.21. The summed E-state index contributed by atoms with van der Waals surface area (Å²) < 4.78 is 0. The average Bonchev–Trinajstić information content (AvgIpc) is 2.13. The molecule has 2 N–H and O–H groups in total. The van der Waals surface area contributed by atoms with Gasteiger partial charge in [0.05, 0.1) is 12.0 Å². The van der Waals surface area contributed by atoms with Gasteiger partial charge in [0.15, 0.2) is 0 Å². The molecule has 3 nitrogen and oxygen atoms in total. The number of aliphatic carboxylic acids is 1. The molecule has 1 aromatic rings. The lowest BCUT2D eigenvalue weighted by Gasteiger charge is -2.33. The third-order valence-corrected chi connectivity index (χ3v) is 3.30. The third-order valence-electron chi connectivity index (χ3n) is 3.30. The largest absolute Gasteiger partial charge is 0.481 e. The smallest absolute Gasteiger partial charge is 0.305 e. The molecule has 1 atom stereocenters. The first-order valence-electron chi connectivity index (χ1n) is 6.35. The van der Waals surface area contributed by atoms with Gasteiger partial charge in [0.25, 0.3) is 0 Å². The van der Waals surface area contributed by atoms with E-state index < -0.39 is 11.5 Å². The Kier molecular flexibility index (Phi) is 4.52. The summed E-state index contributed by atoms with van der Waals surface area (Å²) in [4.78, 5) is 11.1. The summed E-state index contributed by atoms with van der Waals surface area (Å²) in [6.07, 6.45) is 0.0889. The normalized spacial score (nSPS) is 14.3. The summed E-state index contributed by atoms with van der Waals surface area (Å²) in [5.74, 6) is -0.780. The molecule has 1 aromatic carbocycles. The van der Waals surface area contributed by atoms with Gasteiger partial charge in [-0.05, 0) is 50.9 Å². The number of carboxylic acid groups (broad SMARTS) is 1. The van der Waals surface area contributed by atoms with Gasteiger partial charge in [0.1, 0.15) is 0 Å². The molecule has 3 heteroatoms. The van der Waals surface area contributed by atoms with Crippen molar-refractivity contribution in [3.8, 4) is 0 Å². The Hall–Kier alpha value is -1.35. The van der Waals surface area contributed by atoms with E-state index in [1.54, 1.807) is 0 Å². The van der Waals surface area contributed by atoms with E-state index in [4.69, 9.17) is 5.11 Å². The lowest BCUT2D eigenvalue weighted by Crippen LogP contribution is -2.42. The molecule has 0 radical (unpaired) electrons. The van der Waals surface area contributed by atoms with Crippen LogP contribution in [0.25, 0.3) is 0 Å². The summed E-state index contributed by atoms with van der Waals surface area (Å²) in [5, 5.41) is 12.5. The van der Waals surface area contributed by atoms with Gasteiger partial charge >= 0.3 is 5.97 Å². The zero-order valence-electron chi connectivity index (χ0n) is 11.9. The monoisotopic (exact) mass is 249 g/mol. The molecule has 0 bridgehead atoms. The van der Waals surface area contributed by atoms with Crippen LogP contribution in [0.15, 0.2) is 12.1 Å². The highest BCUT2D eigenvalue weighted by Crippen LogP contribution is 2.31. The second kappa shape index (κ2) is 5.53. The van der Waals surface area contributed by atoms with Gasteiger partial charge in [-0.1, -0.05) is 24.6 Å². The molecule has 0 aliphatic carbocycles. The molecule has 0 aliphatic heterocycles. The maximum Gasteiger partial charge on any atom is 0.305 e. The zero-order valence-corrected chi connectivity index (χ0v) is 11.9. The molecule has 0 saturated heterocycles. The number of benzene rings is 1. The minimum absolute atomic E-state index is 0.0889. The van der Waals surface area contributed by atoms with Crippen LogP contribution in [0.5, 0.6) is 0 Å². The highest BCUT2D eigenvalue weighted by Gasteiger charge is 2.31. The maximum absolute atomic E-state index is 11.1. The maximum atomic E-state index is 11.1. The Bertz CT molecular complexity index is 431. The average molecular weight is 249 g/mol. The highest BCUT2D eigenvalue weighted by atomic mass is 16.4. The molecule has 0 fully saturated rings. The predicted molar refractivity (Wildman–Crippen MR) is 73.9 cm³/mol. The molecule has 0 saturated carbocycles. The molecule has 0 heterocycles. The van der Waals surface area contributed by atoms with Crippen LogP contribution in [0.4, 0.5) is 0 Å². The number of carbonyl (C=O) groups is 1. The number of nitrogens with one attached hydrogen (secondary N) is 1. The molecule has 1 rings (SSSR count). The lowest BCUT2D eigenvalue weighted by molar-refractivity contribution is -0.138. The van der Waals surface area contributed by atoms with Gasteiger partial charge in [0.2, 0.25) is 0 Å². The molecule has 100 valence electrons. The van der Waals surface area contributed by atoms with Crippen LogP contribution < -0.4 is 5.32 Å². The van der Waals surface area contributed by atoms with E-state index in [2.05, 4.69) is 24.4 Å². The van der Waals surface area contributed by atoms with Crippen molar-refractivity contribution < 1.29 is 9.90 Å². The Morgan fingerprint density at radius 3 is 2.17 bits per heavy atom. The molecular weight excluding hydrogens is 226 g/mol. The summed E-state index contributed by atoms with van der Waals surface area (Å²) in [7, 11) is 0. The molecule has 1 unspecified atom stereocenters. The van der Waals surface area contributed by atoms with E-state index in [1.807, 2.05) is 27.7 Å². The van der Waals surface area contributed by atoms with E-state index in [-0.39, 0.29) is 6.42 Å². The predicted octanol–water partition coefficient (Wildman–Crippen LogP) is 2.91. The van der Waals surface area contributed by atoms with Gasteiger partial charge in [0, 0.05) is 0 Å². The molecule has 0 aliphatic rings. The van der Waals surface area contributed by atoms with Crippen LogP contribution >= 0.6 is 0 Å². The fraction of sp³-hybridized carbons (Fsp3) is 0.533. The van der Waals surface area contributed by atoms with Crippen molar-refractivity contribution in [1.29, 1.82) is 0 Å². The molecule has 0 aromatic heterocycles.